The molecule has 0 fully saturated rings. The molecule has 2 aromatic rings. The maximum atomic E-state index is 5.40. The number of methoxy groups -OCH3 is 1. The molecule has 1 N–H and O–H groups in total. The van der Waals surface area contributed by atoms with Gasteiger partial charge in [0.05, 0.1) is 13.4 Å². The molecule has 0 bridgehead atoms. The molecule has 3 nitrogen and oxygen atoms in total. The topological polar surface area (TPSA) is 34.4 Å². The van der Waals surface area contributed by atoms with Crippen molar-refractivity contribution >= 4 is 0 Å². The molecule has 0 aliphatic rings. The normalized spacial score (nSPS) is 12.3. The highest BCUT2D eigenvalue weighted by atomic mass is 16.5. The molecular weight excluding hydrogens is 250 g/mol. The van der Waals surface area contributed by atoms with Gasteiger partial charge in [0.2, 0.25) is 0 Å². The lowest BCUT2D eigenvalue weighted by molar-refractivity contribution is 0.403. The van der Waals surface area contributed by atoms with Gasteiger partial charge in [0.25, 0.3) is 0 Å². The number of nitrogens with one attached hydrogen (secondary N) is 1. The van der Waals surface area contributed by atoms with Gasteiger partial charge in [-0.05, 0) is 38.5 Å². The summed E-state index contributed by atoms with van der Waals surface area (Å²) in [5, 5.41) is 3.54. The van der Waals surface area contributed by atoms with Crippen molar-refractivity contribution in [2.24, 2.45) is 0 Å². The van der Waals surface area contributed by atoms with Gasteiger partial charge >= 0.3 is 0 Å². The summed E-state index contributed by atoms with van der Waals surface area (Å²) in [6.07, 6.45) is 3.75. The highest BCUT2D eigenvalue weighted by molar-refractivity contribution is 5.36. The lowest BCUT2D eigenvalue weighted by Crippen LogP contribution is -2.26. The monoisotopic (exact) mass is 273 g/mol. The van der Waals surface area contributed by atoms with Crippen LogP contribution in [0.25, 0.3) is 0 Å². The van der Waals surface area contributed by atoms with Crippen LogP contribution in [-0.4, -0.2) is 13.2 Å². The number of aryl methyl sites for hydroxylation is 2. The molecule has 2 rings (SSSR count). The van der Waals surface area contributed by atoms with Crippen LogP contribution in [0.1, 0.15) is 30.2 Å². The van der Waals surface area contributed by atoms with Gasteiger partial charge in [-0.1, -0.05) is 17.7 Å². The van der Waals surface area contributed by atoms with Crippen molar-refractivity contribution in [2.75, 3.05) is 7.11 Å². The minimum atomic E-state index is 0.435. The molecule has 20 heavy (non-hydrogen) atoms. The SMILES string of the molecule is COc1ccc(C)cc1CNC(C)CCc1ccco1. The van der Waals surface area contributed by atoms with Crippen molar-refractivity contribution < 1.29 is 9.15 Å². The number of hydrogen-bond donors (Lipinski definition) is 1. The van der Waals surface area contributed by atoms with Crippen molar-refractivity contribution in [3.8, 4) is 5.75 Å². The highest BCUT2D eigenvalue weighted by Crippen LogP contribution is 2.19. The Morgan fingerprint density at radius 2 is 2.15 bits per heavy atom. The molecule has 1 heterocycles. The molecule has 0 aliphatic heterocycles. The first-order valence-corrected chi connectivity index (χ1v) is 7.08. The van der Waals surface area contributed by atoms with Crippen LogP contribution in [0.2, 0.25) is 0 Å². The van der Waals surface area contributed by atoms with E-state index in [1.807, 2.05) is 18.2 Å². The zero-order valence-electron chi connectivity index (χ0n) is 12.5. The van der Waals surface area contributed by atoms with E-state index in [2.05, 4.69) is 31.3 Å². The molecule has 1 aromatic carbocycles. The van der Waals surface area contributed by atoms with Crippen LogP contribution in [0.3, 0.4) is 0 Å². The van der Waals surface area contributed by atoms with Gasteiger partial charge in [0.15, 0.2) is 0 Å². The summed E-state index contributed by atoms with van der Waals surface area (Å²) in [7, 11) is 1.72. The minimum absolute atomic E-state index is 0.435. The first kappa shape index (κ1) is 14.7. The molecule has 0 amide bonds. The Morgan fingerprint density at radius 3 is 2.85 bits per heavy atom. The quantitative estimate of drug-likeness (QED) is 0.835. The second-order valence-electron chi connectivity index (χ2n) is 5.22. The van der Waals surface area contributed by atoms with E-state index in [1.165, 1.54) is 11.1 Å². The van der Waals surface area contributed by atoms with Gasteiger partial charge in [-0.15, -0.1) is 0 Å². The lowest BCUT2D eigenvalue weighted by atomic mass is 10.1. The van der Waals surface area contributed by atoms with E-state index in [0.717, 1.165) is 30.9 Å². The smallest absolute Gasteiger partial charge is 0.123 e. The van der Waals surface area contributed by atoms with Gasteiger partial charge in [-0.3, -0.25) is 0 Å². The Labute approximate surface area is 121 Å². The van der Waals surface area contributed by atoms with Crippen LogP contribution in [0, 0.1) is 6.92 Å². The maximum absolute atomic E-state index is 5.40. The maximum Gasteiger partial charge on any atom is 0.123 e. The van der Waals surface area contributed by atoms with Gasteiger partial charge in [0, 0.05) is 24.6 Å². The standard InChI is InChI=1S/C17H23NO2/c1-13-6-9-17(19-3)15(11-13)12-18-14(2)7-8-16-5-4-10-20-16/h4-6,9-11,14,18H,7-8,12H2,1-3H3. The molecule has 0 aliphatic carbocycles. The largest absolute Gasteiger partial charge is 0.496 e. The average Bonchev–Trinajstić information content (AvgIpc) is 2.96. The number of hydrogen-bond acceptors (Lipinski definition) is 3. The van der Waals surface area contributed by atoms with Gasteiger partial charge in [0.1, 0.15) is 11.5 Å². The van der Waals surface area contributed by atoms with Crippen LogP contribution < -0.4 is 10.1 Å². The first-order chi connectivity index (χ1) is 9.69. The zero-order chi connectivity index (χ0) is 14.4. The molecule has 108 valence electrons. The summed E-state index contributed by atoms with van der Waals surface area (Å²) in [6.45, 7) is 5.12. The summed E-state index contributed by atoms with van der Waals surface area (Å²) < 4.78 is 10.7. The van der Waals surface area contributed by atoms with Crippen molar-refractivity contribution in [3.05, 3.63) is 53.5 Å². The predicted octanol–water partition coefficient (Wildman–Crippen LogP) is 3.71. The van der Waals surface area contributed by atoms with E-state index in [-0.39, 0.29) is 0 Å². The zero-order valence-corrected chi connectivity index (χ0v) is 12.5. The number of ether oxygens (including phenoxy) is 1. The third-order valence-corrected chi connectivity index (χ3v) is 3.48. The highest BCUT2D eigenvalue weighted by Gasteiger charge is 2.07. The Morgan fingerprint density at radius 1 is 1.30 bits per heavy atom. The number of rotatable bonds is 7. The molecular formula is C17H23NO2. The van der Waals surface area contributed by atoms with E-state index in [0.29, 0.717) is 6.04 Å². The lowest BCUT2D eigenvalue weighted by Gasteiger charge is -2.15. The van der Waals surface area contributed by atoms with Gasteiger partial charge < -0.3 is 14.5 Å². The Hall–Kier alpha value is -1.74. The van der Waals surface area contributed by atoms with Gasteiger partial charge in [-0.25, -0.2) is 0 Å². The molecule has 1 atom stereocenters. The van der Waals surface area contributed by atoms with Crippen molar-refractivity contribution in [1.29, 1.82) is 0 Å². The second kappa shape index (κ2) is 7.15. The van der Waals surface area contributed by atoms with E-state index in [9.17, 15) is 0 Å². The van der Waals surface area contributed by atoms with Crippen molar-refractivity contribution in [3.63, 3.8) is 0 Å². The fourth-order valence-corrected chi connectivity index (χ4v) is 2.25. The van der Waals surface area contributed by atoms with Gasteiger partial charge in [-0.2, -0.15) is 0 Å². The Kier molecular flexibility index (Phi) is 5.24. The van der Waals surface area contributed by atoms with Crippen LogP contribution in [0.4, 0.5) is 0 Å². The summed E-state index contributed by atoms with van der Waals surface area (Å²) >= 11 is 0. The first-order valence-electron chi connectivity index (χ1n) is 7.08. The molecule has 3 heteroatoms. The fraction of sp³-hybridized carbons (Fsp3) is 0.412. The average molecular weight is 273 g/mol. The number of furan rings is 1. The minimum Gasteiger partial charge on any atom is -0.496 e. The summed E-state index contributed by atoms with van der Waals surface area (Å²) in [5.74, 6) is 1.99. The molecule has 0 saturated heterocycles. The predicted molar refractivity (Wildman–Crippen MR) is 81.1 cm³/mol. The Bertz CT molecular complexity index is 520. The van der Waals surface area contributed by atoms with Crippen molar-refractivity contribution in [2.45, 2.75) is 39.3 Å². The summed E-state index contributed by atoms with van der Waals surface area (Å²) in [5.41, 5.74) is 2.46. The van der Waals surface area contributed by atoms with E-state index in [4.69, 9.17) is 9.15 Å². The number of benzene rings is 1. The van der Waals surface area contributed by atoms with Crippen molar-refractivity contribution in [1.82, 2.24) is 5.32 Å². The summed E-state index contributed by atoms with van der Waals surface area (Å²) in [6, 6.07) is 10.7. The molecule has 0 spiro atoms. The summed E-state index contributed by atoms with van der Waals surface area (Å²) in [4.78, 5) is 0. The Balaban J connectivity index is 1.83. The molecule has 0 radical (unpaired) electrons. The molecule has 0 saturated carbocycles. The van der Waals surface area contributed by atoms with Crippen LogP contribution in [-0.2, 0) is 13.0 Å². The van der Waals surface area contributed by atoms with E-state index >= 15 is 0 Å². The van der Waals surface area contributed by atoms with Crippen LogP contribution >= 0.6 is 0 Å². The van der Waals surface area contributed by atoms with Crippen LogP contribution in [0.5, 0.6) is 5.75 Å². The molecule has 1 unspecified atom stereocenters. The van der Waals surface area contributed by atoms with Crippen LogP contribution in [0.15, 0.2) is 41.0 Å². The second-order valence-corrected chi connectivity index (χ2v) is 5.22. The fourth-order valence-electron chi connectivity index (χ4n) is 2.25. The molecule has 1 aromatic heterocycles. The third kappa shape index (κ3) is 4.14. The van der Waals surface area contributed by atoms with E-state index < -0.39 is 0 Å². The van der Waals surface area contributed by atoms with E-state index in [1.54, 1.807) is 13.4 Å². The third-order valence-electron chi connectivity index (χ3n) is 3.48.